The van der Waals surface area contributed by atoms with E-state index in [9.17, 15) is 8.42 Å². The van der Waals surface area contributed by atoms with Gasteiger partial charge in [0.2, 0.25) is 0 Å². The molecule has 3 aromatic rings. The minimum Gasteiger partial charge on any atom is -0.497 e. The number of anilines is 1. The van der Waals surface area contributed by atoms with Crippen LogP contribution in [0.25, 0.3) is 0 Å². The van der Waals surface area contributed by atoms with Crippen molar-refractivity contribution in [1.29, 1.82) is 0 Å². The smallest absolute Gasteiger partial charge is 0.262 e. The third-order valence-corrected chi connectivity index (χ3v) is 4.85. The fourth-order valence-corrected chi connectivity index (χ4v) is 3.28. The Bertz CT molecular complexity index is 939. The van der Waals surface area contributed by atoms with Gasteiger partial charge in [-0.3, -0.25) is 4.72 Å². The van der Waals surface area contributed by atoms with Crippen LogP contribution in [0.4, 0.5) is 5.69 Å². The largest absolute Gasteiger partial charge is 0.497 e. The third-order valence-electron chi connectivity index (χ3n) is 3.47. The highest BCUT2D eigenvalue weighted by Crippen LogP contribution is 2.31. The van der Waals surface area contributed by atoms with Crippen LogP contribution in [0.3, 0.4) is 0 Å². The van der Waals surface area contributed by atoms with Crippen molar-refractivity contribution in [1.82, 2.24) is 0 Å². The lowest BCUT2D eigenvalue weighted by atomic mass is 10.3. The number of methoxy groups -OCH3 is 1. The Balaban J connectivity index is 1.86. The number of sulfonamides is 1. The molecule has 0 aromatic heterocycles. The van der Waals surface area contributed by atoms with E-state index >= 15 is 0 Å². The molecule has 128 valence electrons. The van der Waals surface area contributed by atoms with E-state index in [1.165, 1.54) is 19.2 Å². The molecular formula is C19H17NO4S. The molecule has 0 amide bonds. The van der Waals surface area contributed by atoms with E-state index in [-0.39, 0.29) is 4.90 Å². The van der Waals surface area contributed by atoms with Crippen LogP contribution in [0.5, 0.6) is 17.2 Å². The van der Waals surface area contributed by atoms with Crippen LogP contribution in [-0.2, 0) is 10.0 Å². The maximum Gasteiger partial charge on any atom is 0.262 e. The van der Waals surface area contributed by atoms with Crippen molar-refractivity contribution >= 4 is 15.7 Å². The molecule has 0 aliphatic rings. The lowest BCUT2D eigenvalue weighted by Gasteiger charge is -2.13. The summed E-state index contributed by atoms with van der Waals surface area (Å²) in [6.07, 6.45) is 0. The van der Waals surface area contributed by atoms with Gasteiger partial charge >= 0.3 is 0 Å². The van der Waals surface area contributed by atoms with Crippen molar-refractivity contribution in [3.05, 3.63) is 78.9 Å². The summed E-state index contributed by atoms with van der Waals surface area (Å²) in [5, 5.41) is 0. The van der Waals surface area contributed by atoms with Crippen LogP contribution in [0.2, 0.25) is 0 Å². The second-order valence-electron chi connectivity index (χ2n) is 5.19. The molecular weight excluding hydrogens is 338 g/mol. The summed E-state index contributed by atoms with van der Waals surface area (Å²) in [6, 6.07) is 22.2. The molecule has 0 saturated carbocycles. The highest BCUT2D eigenvalue weighted by Gasteiger charge is 2.16. The Morgan fingerprint density at radius 2 is 1.40 bits per heavy atom. The molecule has 25 heavy (non-hydrogen) atoms. The number of nitrogens with one attached hydrogen (secondary N) is 1. The van der Waals surface area contributed by atoms with Crippen LogP contribution in [0.1, 0.15) is 0 Å². The Morgan fingerprint density at radius 1 is 0.760 bits per heavy atom. The van der Waals surface area contributed by atoms with Crippen LogP contribution >= 0.6 is 0 Å². The molecule has 6 heteroatoms. The van der Waals surface area contributed by atoms with Crippen LogP contribution in [0.15, 0.2) is 83.8 Å². The van der Waals surface area contributed by atoms with Crippen molar-refractivity contribution in [2.24, 2.45) is 0 Å². The summed E-state index contributed by atoms with van der Waals surface area (Å²) in [4.78, 5) is 0.141. The van der Waals surface area contributed by atoms with E-state index in [0.717, 1.165) is 0 Å². The summed E-state index contributed by atoms with van der Waals surface area (Å²) in [5.74, 6) is 1.64. The van der Waals surface area contributed by atoms with Gasteiger partial charge < -0.3 is 9.47 Å². The van der Waals surface area contributed by atoms with E-state index in [2.05, 4.69) is 4.72 Å². The highest BCUT2D eigenvalue weighted by molar-refractivity contribution is 7.92. The number of hydrogen-bond donors (Lipinski definition) is 1. The van der Waals surface area contributed by atoms with Gasteiger partial charge in [-0.1, -0.05) is 30.3 Å². The van der Waals surface area contributed by atoms with Crippen LogP contribution < -0.4 is 14.2 Å². The molecule has 3 rings (SSSR count). The molecule has 3 aromatic carbocycles. The number of ether oxygens (including phenoxy) is 2. The molecule has 0 radical (unpaired) electrons. The summed E-state index contributed by atoms with van der Waals surface area (Å²) in [7, 11) is -2.21. The van der Waals surface area contributed by atoms with E-state index in [4.69, 9.17) is 9.47 Å². The molecule has 0 spiro atoms. The third kappa shape index (κ3) is 4.10. The molecule has 0 saturated heterocycles. The Morgan fingerprint density at radius 3 is 2.08 bits per heavy atom. The van der Waals surface area contributed by atoms with Gasteiger partial charge in [-0.05, 0) is 48.5 Å². The maximum absolute atomic E-state index is 12.6. The highest BCUT2D eigenvalue weighted by atomic mass is 32.2. The van der Waals surface area contributed by atoms with Gasteiger partial charge in [-0.25, -0.2) is 8.42 Å². The topological polar surface area (TPSA) is 64.6 Å². The summed E-state index contributed by atoms with van der Waals surface area (Å²) >= 11 is 0. The Hall–Kier alpha value is -2.99. The maximum atomic E-state index is 12.6. The van der Waals surface area contributed by atoms with Crippen molar-refractivity contribution in [2.45, 2.75) is 4.90 Å². The fraction of sp³-hybridized carbons (Fsp3) is 0.0526. The SMILES string of the molecule is COc1ccc(S(=O)(=O)Nc2ccccc2Oc2ccccc2)cc1. The van der Waals surface area contributed by atoms with Gasteiger partial charge in [0.15, 0.2) is 5.75 Å². The average Bonchev–Trinajstić information content (AvgIpc) is 2.64. The second-order valence-corrected chi connectivity index (χ2v) is 6.87. The quantitative estimate of drug-likeness (QED) is 0.716. The summed E-state index contributed by atoms with van der Waals surface area (Å²) in [5.41, 5.74) is 0.363. The Labute approximate surface area is 146 Å². The van der Waals surface area contributed by atoms with Crippen LogP contribution in [-0.4, -0.2) is 15.5 Å². The first-order valence-electron chi connectivity index (χ1n) is 7.57. The number of hydrogen-bond acceptors (Lipinski definition) is 4. The van der Waals surface area contributed by atoms with E-state index in [1.807, 2.05) is 18.2 Å². The molecule has 0 unspecified atom stereocenters. The van der Waals surface area contributed by atoms with E-state index < -0.39 is 10.0 Å². The van der Waals surface area contributed by atoms with Gasteiger partial charge in [0, 0.05) is 0 Å². The lowest BCUT2D eigenvalue weighted by Crippen LogP contribution is -2.13. The van der Waals surface area contributed by atoms with Crippen molar-refractivity contribution < 1.29 is 17.9 Å². The van der Waals surface area contributed by atoms with E-state index in [1.54, 1.807) is 48.5 Å². The zero-order valence-corrected chi connectivity index (χ0v) is 14.4. The lowest BCUT2D eigenvalue weighted by molar-refractivity contribution is 0.414. The Kier molecular flexibility index (Phi) is 4.90. The standard InChI is InChI=1S/C19H17NO4S/c1-23-15-11-13-17(14-12-15)25(21,22)20-18-9-5-6-10-19(18)24-16-7-3-2-4-8-16/h2-14,20H,1H3. The molecule has 0 heterocycles. The molecule has 0 bridgehead atoms. The average molecular weight is 355 g/mol. The van der Waals surface area contributed by atoms with Gasteiger partial charge in [-0.2, -0.15) is 0 Å². The normalized spacial score (nSPS) is 10.9. The van der Waals surface area contributed by atoms with Crippen molar-refractivity contribution in [2.75, 3.05) is 11.8 Å². The molecule has 0 atom stereocenters. The molecule has 5 nitrogen and oxygen atoms in total. The number of rotatable bonds is 6. The van der Waals surface area contributed by atoms with E-state index in [0.29, 0.717) is 22.9 Å². The van der Waals surface area contributed by atoms with Gasteiger partial charge in [0.05, 0.1) is 17.7 Å². The molecule has 1 N–H and O–H groups in total. The molecule has 0 aliphatic heterocycles. The van der Waals surface area contributed by atoms with Gasteiger partial charge in [0.1, 0.15) is 11.5 Å². The zero-order valence-electron chi connectivity index (χ0n) is 13.5. The first-order valence-corrected chi connectivity index (χ1v) is 9.05. The summed E-state index contributed by atoms with van der Waals surface area (Å²) in [6.45, 7) is 0. The van der Waals surface area contributed by atoms with Crippen LogP contribution in [0, 0.1) is 0 Å². The number of para-hydroxylation sites is 3. The van der Waals surface area contributed by atoms with Crippen molar-refractivity contribution in [3.63, 3.8) is 0 Å². The van der Waals surface area contributed by atoms with Gasteiger partial charge in [0.25, 0.3) is 10.0 Å². The predicted molar refractivity (Wildman–Crippen MR) is 96.8 cm³/mol. The van der Waals surface area contributed by atoms with Crippen molar-refractivity contribution in [3.8, 4) is 17.2 Å². The van der Waals surface area contributed by atoms with Gasteiger partial charge in [-0.15, -0.1) is 0 Å². The minimum atomic E-state index is -3.74. The second kappa shape index (κ2) is 7.27. The molecule has 0 aliphatic carbocycles. The molecule has 0 fully saturated rings. The zero-order chi connectivity index (χ0) is 17.7. The fourth-order valence-electron chi connectivity index (χ4n) is 2.21. The summed E-state index contributed by atoms with van der Waals surface area (Å²) < 4.78 is 38.6. The monoisotopic (exact) mass is 355 g/mol. The predicted octanol–water partition coefficient (Wildman–Crippen LogP) is 4.29. The first kappa shape index (κ1) is 16.9. The number of benzene rings is 3. The first-order chi connectivity index (χ1) is 12.1. The minimum absolute atomic E-state index is 0.141.